The van der Waals surface area contributed by atoms with Crippen molar-refractivity contribution in [1.29, 1.82) is 0 Å². The Morgan fingerprint density at radius 1 is 1.10 bits per heavy atom. The van der Waals surface area contributed by atoms with Crippen LogP contribution in [0.2, 0.25) is 0 Å². The van der Waals surface area contributed by atoms with Crippen molar-refractivity contribution in [3.8, 4) is 5.75 Å². The Labute approximate surface area is 122 Å². The maximum atomic E-state index is 13.7. The first kappa shape index (κ1) is 15.4. The maximum absolute atomic E-state index is 13.7. The Balaban J connectivity index is 2.15. The number of nitrogens with two attached hydrogens (primary N) is 1. The summed E-state index contributed by atoms with van der Waals surface area (Å²) in [6.07, 6.45) is 0.842. The number of rotatable bonds is 6. The van der Waals surface area contributed by atoms with E-state index in [1.807, 2.05) is 24.3 Å². The van der Waals surface area contributed by atoms with Crippen molar-refractivity contribution in [3.63, 3.8) is 0 Å². The molecule has 5 heteroatoms. The van der Waals surface area contributed by atoms with Crippen LogP contribution in [0, 0.1) is 11.6 Å². The molecule has 0 radical (unpaired) electrons. The molecular formula is C16H18F2N2O. The quantitative estimate of drug-likeness (QED) is 0.635. The van der Waals surface area contributed by atoms with Crippen molar-refractivity contribution in [1.82, 2.24) is 5.43 Å². The van der Waals surface area contributed by atoms with Crippen LogP contribution in [-0.4, -0.2) is 13.2 Å². The summed E-state index contributed by atoms with van der Waals surface area (Å²) in [5.74, 6) is 5.40. The molecule has 112 valence electrons. The second-order valence-corrected chi connectivity index (χ2v) is 4.82. The summed E-state index contributed by atoms with van der Waals surface area (Å²) in [6.45, 7) is 0. The van der Waals surface area contributed by atoms with Gasteiger partial charge in [0, 0.05) is 6.04 Å². The Bertz CT molecular complexity index is 605. The Hall–Kier alpha value is -1.98. The van der Waals surface area contributed by atoms with Gasteiger partial charge in [-0.25, -0.2) is 8.78 Å². The second-order valence-electron chi connectivity index (χ2n) is 4.82. The fourth-order valence-electron chi connectivity index (χ4n) is 2.29. The van der Waals surface area contributed by atoms with Crippen LogP contribution in [0.25, 0.3) is 0 Å². The minimum atomic E-state index is -0.459. The molecule has 0 aliphatic heterocycles. The molecule has 0 bridgehead atoms. The molecule has 1 atom stereocenters. The first-order chi connectivity index (χ1) is 10.1. The highest BCUT2D eigenvalue weighted by atomic mass is 19.1. The van der Waals surface area contributed by atoms with Gasteiger partial charge in [-0.15, -0.1) is 0 Å². The molecule has 3 nitrogen and oxygen atoms in total. The highest BCUT2D eigenvalue weighted by Gasteiger charge is 2.14. The molecule has 0 saturated heterocycles. The minimum Gasteiger partial charge on any atom is -0.496 e. The Morgan fingerprint density at radius 2 is 1.81 bits per heavy atom. The van der Waals surface area contributed by atoms with E-state index in [0.29, 0.717) is 12.0 Å². The number of benzene rings is 2. The lowest BCUT2D eigenvalue weighted by Crippen LogP contribution is -2.38. The van der Waals surface area contributed by atoms with E-state index < -0.39 is 11.6 Å². The molecule has 0 aliphatic carbocycles. The molecule has 0 saturated carbocycles. The highest BCUT2D eigenvalue weighted by Crippen LogP contribution is 2.20. The number of halogens is 2. The molecule has 1 unspecified atom stereocenters. The minimum absolute atomic E-state index is 0.224. The van der Waals surface area contributed by atoms with Gasteiger partial charge in [0.1, 0.15) is 17.4 Å². The summed E-state index contributed by atoms with van der Waals surface area (Å²) in [6, 6.07) is 10.7. The summed E-state index contributed by atoms with van der Waals surface area (Å²) in [5, 5.41) is 0. The first-order valence-corrected chi connectivity index (χ1v) is 6.66. The summed E-state index contributed by atoms with van der Waals surface area (Å²) in [5.41, 5.74) is 3.91. The molecule has 0 amide bonds. The standard InChI is InChI=1S/C16H18F2N2O/c1-21-16-5-3-2-4-11(16)9-14(20-19)10-12-8-13(17)6-7-15(12)18/h2-8,14,20H,9-10,19H2,1H3. The van der Waals surface area contributed by atoms with Gasteiger partial charge in [-0.05, 0) is 48.2 Å². The van der Waals surface area contributed by atoms with Crippen LogP contribution >= 0.6 is 0 Å². The van der Waals surface area contributed by atoms with E-state index in [0.717, 1.165) is 23.4 Å². The zero-order valence-corrected chi connectivity index (χ0v) is 11.8. The van der Waals surface area contributed by atoms with Gasteiger partial charge in [-0.2, -0.15) is 0 Å². The van der Waals surface area contributed by atoms with Crippen LogP contribution in [0.15, 0.2) is 42.5 Å². The van der Waals surface area contributed by atoms with Gasteiger partial charge in [0.05, 0.1) is 7.11 Å². The summed E-state index contributed by atoms with van der Waals surface area (Å²) in [7, 11) is 1.59. The lowest BCUT2D eigenvalue weighted by molar-refractivity contribution is 0.404. The van der Waals surface area contributed by atoms with Crippen LogP contribution in [0.5, 0.6) is 5.75 Å². The number of para-hydroxylation sites is 1. The normalized spacial score (nSPS) is 12.2. The van der Waals surface area contributed by atoms with E-state index in [1.54, 1.807) is 7.11 Å². The smallest absolute Gasteiger partial charge is 0.126 e. The van der Waals surface area contributed by atoms with Crippen molar-refractivity contribution in [2.24, 2.45) is 5.84 Å². The fraction of sp³-hybridized carbons (Fsp3) is 0.250. The third-order valence-corrected chi connectivity index (χ3v) is 3.37. The highest BCUT2D eigenvalue weighted by molar-refractivity contribution is 5.34. The predicted octanol–water partition coefficient (Wildman–Crippen LogP) is 2.59. The third-order valence-electron chi connectivity index (χ3n) is 3.37. The third kappa shape index (κ3) is 4.00. The van der Waals surface area contributed by atoms with Crippen molar-refractivity contribution in [3.05, 3.63) is 65.2 Å². The van der Waals surface area contributed by atoms with E-state index in [2.05, 4.69) is 5.43 Å². The molecular weight excluding hydrogens is 274 g/mol. The lowest BCUT2D eigenvalue weighted by atomic mass is 9.98. The van der Waals surface area contributed by atoms with Crippen LogP contribution in [0.3, 0.4) is 0 Å². The van der Waals surface area contributed by atoms with Gasteiger partial charge in [0.25, 0.3) is 0 Å². The van der Waals surface area contributed by atoms with Crippen molar-refractivity contribution in [2.45, 2.75) is 18.9 Å². The Morgan fingerprint density at radius 3 is 2.52 bits per heavy atom. The van der Waals surface area contributed by atoms with Crippen LogP contribution in [0.4, 0.5) is 8.78 Å². The van der Waals surface area contributed by atoms with Gasteiger partial charge in [0.15, 0.2) is 0 Å². The van der Waals surface area contributed by atoms with E-state index in [-0.39, 0.29) is 12.5 Å². The van der Waals surface area contributed by atoms with Gasteiger partial charge in [-0.1, -0.05) is 18.2 Å². The van der Waals surface area contributed by atoms with Gasteiger partial charge in [-0.3, -0.25) is 11.3 Å². The molecule has 2 rings (SSSR count). The molecule has 3 N–H and O–H groups in total. The molecule has 2 aromatic carbocycles. The summed E-state index contributed by atoms with van der Waals surface area (Å²) < 4.78 is 32.2. The molecule has 21 heavy (non-hydrogen) atoms. The number of hydrogen-bond donors (Lipinski definition) is 2. The zero-order valence-electron chi connectivity index (χ0n) is 11.8. The molecule has 0 aromatic heterocycles. The van der Waals surface area contributed by atoms with Crippen molar-refractivity contribution >= 4 is 0 Å². The van der Waals surface area contributed by atoms with E-state index >= 15 is 0 Å². The number of nitrogens with one attached hydrogen (secondary N) is 1. The second kappa shape index (κ2) is 7.15. The van der Waals surface area contributed by atoms with Crippen LogP contribution in [-0.2, 0) is 12.8 Å². The largest absolute Gasteiger partial charge is 0.496 e. The molecule has 0 aliphatic rings. The van der Waals surface area contributed by atoms with Crippen molar-refractivity contribution < 1.29 is 13.5 Å². The van der Waals surface area contributed by atoms with E-state index in [1.165, 1.54) is 6.07 Å². The average molecular weight is 292 g/mol. The van der Waals surface area contributed by atoms with E-state index in [4.69, 9.17) is 10.6 Å². The van der Waals surface area contributed by atoms with Crippen LogP contribution < -0.4 is 16.0 Å². The molecule has 0 fully saturated rings. The topological polar surface area (TPSA) is 47.3 Å². The first-order valence-electron chi connectivity index (χ1n) is 6.66. The average Bonchev–Trinajstić information content (AvgIpc) is 2.50. The van der Waals surface area contributed by atoms with Gasteiger partial charge in [0.2, 0.25) is 0 Å². The predicted molar refractivity (Wildman–Crippen MR) is 77.9 cm³/mol. The summed E-state index contributed by atoms with van der Waals surface area (Å²) in [4.78, 5) is 0. The molecule has 0 spiro atoms. The summed E-state index contributed by atoms with van der Waals surface area (Å²) >= 11 is 0. The number of hydrazine groups is 1. The van der Waals surface area contributed by atoms with Gasteiger partial charge >= 0.3 is 0 Å². The van der Waals surface area contributed by atoms with E-state index in [9.17, 15) is 8.78 Å². The van der Waals surface area contributed by atoms with Crippen molar-refractivity contribution in [2.75, 3.05) is 7.11 Å². The van der Waals surface area contributed by atoms with Crippen LogP contribution in [0.1, 0.15) is 11.1 Å². The SMILES string of the molecule is COc1ccccc1CC(Cc1cc(F)ccc1F)NN. The van der Waals surface area contributed by atoms with Gasteiger partial charge < -0.3 is 4.74 Å². The molecule has 2 aromatic rings. The number of ether oxygens (including phenoxy) is 1. The fourth-order valence-corrected chi connectivity index (χ4v) is 2.29. The maximum Gasteiger partial charge on any atom is 0.126 e. The number of hydrogen-bond acceptors (Lipinski definition) is 3. The zero-order chi connectivity index (χ0) is 15.2. The lowest BCUT2D eigenvalue weighted by Gasteiger charge is -2.18. The monoisotopic (exact) mass is 292 g/mol. The molecule has 0 heterocycles. The Kier molecular flexibility index (Phi) is 5.25. The number of methoxy groups -OCH3 is 1.